The molecule has 0 spiro atoms. The Labute approximate surface area is 122 Å². The number of hydrogen-bond donors (Lipinski definition) is 1. The number of carbonyl (C=O) groups is 1. The van der Waals surface area contributed by atoms with Gasteiger partial charge in [-0.15, -0.1) is 0 Å². The third-order valence-corrected chi connectivity index (χ3v) is 3.65. The maximum atomic E-state index is 13.8. The van der Waals surface area contributed by atoms with E-state index in [9.17, 15) is 13.4 Å². The standard InChI is InChI=1S/C15H20FNO2S/c1-8(2)11-5-10(16)6-12(9(3)4)14(11)13(7-20-19)15(17)18/h5-9,13H,1-4H3,(H2,17,18). The fourth-order valence-corrected chi connectivity index (χ4v) is 2.69. The molecule has 0 aliphatic rings. The summed E-state index contributed by atoms with van der Waals surface area (Å²) in [4.78, 5) is 11.7. The lowest BCUT2D eigenvalue weighted by molar-refractivity contribution is -0.117. The molecule has 0 bridgehead atoms. The first kappa shape index (κ1) is 16.6. The van der Waals surface area contributed by atoms with Crippen LogP contribution in [0.1, 0.15) is 62.1 Å². The molecule has 1 amide bonds. The second-order valence-corrected chi connectivity index (χ2v) is 5.88. The third kappa shape index (κ3) is 3.54. The van der Waals surface area contributed by atoms with E-state index in [1.54, 1.807) is 0 Å². The van der Waals surface area contributed by atoms with Crippen LogP contribution in [-0.2, 0) is 16.1 Å². The molecule has 1 aromatic rings. The van der Waals surface area contributed by atoms with Crippen molar-refractivity contribution in [2.75, 3.05) is 0 Å². The van der Waals surface area contributed by atoms with E-state index < -0.39 is 11.8 Å². The number of benzene rings is 1. The van der Waals surface area contributed by atoms with Gasteiger partial charge in [-0.1, -0.05) is 27.7 Å². The summed E-state index contributed by atoms with van der Waals surface area (Å²) in [5.74, 6) is -1.66. The van der Waals surface area contributed by atoms with E-state index in [0.29, 0.717) is 5.56 Å². The molecule has 1 atom stereocenters. The normalized spacial score (nSPS) is 12.6. The summed E-state index contributed by atoms with van der Waals surface area (Å²) in [5.41, 5.74) is 7.54. The van der Waals surface area contributed by atoms with Crippen molar-refractivity contribution in [3.05, 3.63) is 34.6 Å². The summed E-state index contributed by atoms with van der Waals surface area (Å²) in [6.45, 7) is 7.69. The zero-order valence-electron chi connectivity index (χ0n) is 12.1. The van der Waals surface area contributed by atoms with Crippen LogP contribution in [0.3, 0.4) is 0 Å². The van der Waals surface area contributed by atoms with Crippen LogP contribution in [0.4, 0.5) is 4.39 Å². The molecule has 0 fully saturated rings. The van der Waals surface area contributed by atoms with Crippen molar-refractivity contribution >= 4 is 22.5 Å². The van der Waals surface area contributed by atoms with E-state index in [1.165, 1.54) is 17.5 Å². The van der Waals surface area contributed by atoms with Crippen LogP contribution < -0.4 is 5.73 Å². The van der Waals surface area contributed by atoms with E-state index in [-0.39, 0.29) is 28.9 Å². The number of halogens is 1. The number of amides is 1. The minimum Gasteiger partial charge on any atom is -0.369 e. The maximum Gasteiger partial charge on any atom is 0.229 e. The van der Waals surface area contributed by atoms with E-state index in [4.69, 9.17) is 5.73 Å². The highest BCUT2D eigenvalue weighted by molar-refractivity contribution is 7.65. The van der Waals surface area contributed by atoms with Gasteiger partial charge in [-0.3, -0.25) is 4.79 Å². The predicted molar refractivity (Wildman–Crippen MR) is 80.7 cm³/mol. The molecule has 0 saturated carbocycles. The van der Waals surface area contributed by atoms with Gasteiger partial charge in [-0.2, -0.15) is 0 Å². The summed E-state index contributed by atoms with van der Waals surface area (Å²) < 4.78 is 24.6. The molecule has 110 valence electrons. The monoisotopic (exact) mass is 297 g/mol. The number of carbonyl (C=O) groups excluding carboxylic acids is 1. The molecule has 0 saturated heterocycles. The molecule has 1 aromatic carbocycles. The van der Waals surface area contributed by atoms with Crippen LogP contribution in [0.15, 0.2) is 12.1 Å². The van der Waals surface area contributed by atoms with Crippen LogP contribution in [0.2, 0.25) is 0 Å². The predicted octanol–water partition coefficient (Wildman–Crippen LogP) is 2.66. The second-order valence-electron chi connectivity index (χ2n) is 5.42. The molecule has 20 heavy (non-hydrogen) atoms. The zero-order chi connectivity index (χ0) is 15.4. The Balaban J connectivity index is 3.70. The van der Waals surface area contributed by atoms with Crippen molar-refractivity contribution in [2.24, 2.45) is 5.73 Å². The van der Waals surface area contributed by atoms with Crippen molar-refractivity contribution in [3.63, 3.8) is 0 Å². The highest BCUT2D eigenvalue weighted by atomic mass is 32.1. The maximum absolute atomic E-state index is 13.8. The molecule has 1 rings (SSSR count). The van der Waals surface area contributed by atoms with E-state index in [2.05, 4.69) is 0 Å². The summed E-state index contributed by atoms with van der Waals surface area (Å²) in [6.07, 6.45) is 0. The van der Waals surface area contributed by atoms with Gasteiger partial charge in [0.15, 0.2) is 0 Å². The van der Waals surface area contributed by atoms with Gasteiger partial charge in [0, 0.05) is 5.37 Å². The van der Waals surface area contributed by atoms with Crippen LogP contribution in [-0.4, -0.2) is 15.5 Å². The van der Waals surface area contributed by atoms with E-state index >= 15 is 0 Å². The molecule has 0 radical (unpaired) electrons. The molecule has 0 heterocycles. The van der Waals surface area contributed by atoms with Gasteiger partial charge < -0.3 is 5.73 Å². The summed E-state index contributed by atoms with van der Waals surface area (Å²) in [7, 11) is 0. The van der Waals surface area contributed by atoms with Crippen LogP contribution in [0.25, 0.3) is 0 Å². The van der Waals surface area contributed by atoms with E-state index in [0.717, 1.165) is 11.1 Å². The fourth-order valence-electron chi connectivity index (χ4n) is 2.31. The molecular weight excluding hydrogens is 277 g/mol. The quantitative estimate of drug-likeness (QED) is 0.849. The van der Waals surface area contributed by atoms with Crippen molar-refractivity contribution in [1.29, 1.82) is 0 Å². The third-order valence-electron chi connectivity index (χ3n) is 3.26. The van der Waals surface area contributed by atoms with Gasteiger partial charge in [-0.05, 0) is 40.7 Å². The zero-order valence-corrected chi connectivity index (χ0v) is 13.0. The first-order valence-corrected chi connectivity index (χ1v) is 7.34. The van der Waals surface area contributed by atoms with Crippen LogP contribution in [0, 0.1) is 5.82 Å². The second kappa shape index (κ2) is 6.79. The van der Waals surface area contributed by atoms with Gasteiger partial charge in [0.25, 0.3) is 0 Å². The lowest BCUT2D eigenvalue weighted by Gasteiger charge is -2.23. The summed E-state index contributed by atoms with van der Waals surface area (Å²) in [6, 6.07) is 2.84. The topological polar surface area (TPSA) is 60.2 Å². The van der Waals surface area contributed by atoms with Crippen LogP contribution >= 0.6 is 0 Å². The first-order chi connectivity index (χ1) is 9.29. The smallest absolute Gasteiger partial charge is 0.229 e. The van der Waals surface area contributed by atoms with Crippen molar-refractivity contribution in [2.45, 2.75) is 45.4 Å². The minimum absolute atomic E-state index is 0.0325. The largest absolute Gasteiger partial charge is 0.369 e. The Bertz CT molecular complexity index is 532. The van der Waals surface area contributed by atoms with Gasteiger partial charge in [0.05, 0.1) is 17.2 Å². The minimum atomic E-state index is -0.798. The Morgan fingerprint density at radius 3 is 1.95 bits per heavy atom. The van der Waals surface area contributed by atoms with Crippen LogP contribution in [0.5, 0.6) is 0 Å². The fraction of sp³-hybridized carbons (Fsp3) is 0.467. The Morgan fingerprint density at radius 1 is 1.20 bits per heavy atom. The molecule has 0 aliphatic heterocycles. The molecule has 2 N–H and O–H groups in total. The number of nitrogens with two attached hydrogens (primary N) is 1. The highest BCUT2D eigenvalue weighted by Crippen LogP contribution is 2.33. The van der Waals surface area contributed by atoms with Gasteiger partial charge >= 0.3 is 0 Å². The summed E-state index contributed by atoms with van der Waals surface area (Å²) >= 11 is 0.208. The Hall–Kier alpha value is -1.49. The Kier molecular flexibility index (Phi) is 5.62. The highest BCUT2D eigenvalue weighted by Gasteiger charge is 2.25. The molecular formula is C15H20FNO2S. The lowest BCUT2D eigenvalue weighted by Crippen LogP contribution is -2.25. The van der Waals surface area contributed by atoms with Gasteiger partial charge in [0.1, 0.15) is 5.82 Å². The number of hydrogen-bond acceptors (Lipinski definition) is 2. The lowest BCUT2D eigenvalue weighted by atomic mass is 9.82. The van der Waals surface area contributed by atoms with Gasteiger partial charge in [-0.25, -0.2) is 8.60 Å². The number of primary amides is 1. The van der Waals surface area contributed by atoms with Gasteiger partial charge in [0.2, 0.25) is 5.91 Å². The van der Waals surface area contributed by atoms with Crippen molar-refractivity contribution in [1.82, 2.24) is 0 Å². The first-order valence-electron chi connectivity index (χ1n) is 6.54. The molecule has 1 unspecified atom stereocenters. The number of rotatable bonds is 5. The van der Waals surface area contributed by atoms with Crippen molar-refractivity contribution < 1.29 is 13.4 Å². The van der Waals surface area contributed by atoms with Crippen molar-refractivity contribution in [3.8, 4) is 0 Å². The van der Waals surface area contributed by atoms with E-state index in [1.807, 2.05) is 27.7 Å². The SMILES string of the molecule is CC(C)c1cc(F)cc(C(C)C)c1C(C=S=O)C(N)=O. The molecule has 5 heteroatoms. The summed E-state index contributed by atoms with van der Waals surface area (Å²) in [5, 5.41) is 1.27. The molecule has 3 nitrogen and oxygen atoms in total. The molecule has 0 aromatic heterocycles. The average Bonchev–Trinajstić information content (AvgIpc) is 2.34. The molecule has 0 aliphatic carbocycles. The average molecular weight is 297 g/mol. The Morgan fingerprint density at radius 2 is 1.65 bits per heavy atom.